The fraction of sp³-hybridized carbons (Fsp3) is 0.143. The fourth-order valence-electron chi connectivity index (χ4n) is 2.22. The third-order valence-electron chi connectivity index (χ3n) is 3.09. The average molecular weight is 272 g/mol. The molecule has 0 bridgehead atoms. The van der Waals surface area contributed by atoms with Crippen LogP contribution in [0.1, 0.15) is 21.1 Å². The van der Waals surface area contributed by atoms with Gasteiger partial charge in [-0.3, -0.25) is 0 Å². The normalized spacial score (nSPS) is 11.0. The van der Waals surface area contributed by atoms with Crippen LogP contribution in [0, 0.1) is 0 Å². The van der Waals surface area contributed by atoms with E-state index in [1.807, 2.05) is 19.2 Å². The number of aryl methyl sites for hydroxylation is 1. The van der Waals surface area contributed by atoms with Crippen molar-refractivity contribution >= 4 is 28.2 Å². The molecule has 0 atom stereocenters. The van der Waals surface area contributed by atoms with Gasteiger partial charge < -0.3 is 9.67 Å². The summed E-state index contributed by atoms with van der Waals surface area (Å²) in [5.74, 6) is -0.972. The molecule has 3 rings (SSSR count). The summed E-state index contributed by atoms with van der Waals surface area (Å²) in [6.07, 6.45) is 2.74. The Morgan fingerprint density at radius 1 is 1.42 bits per heavy atom. The second kappa shape index (κ2) is 4.51. The predicted octanol–water partition coefficient (Wildman–Crippen LogP) is 2.92. The molecule has 19 heavy (non-hydrogen) atoms. The number of fused-ring (bicyclic) bond motifs is 1. The number of nitrogens with zero attached hydrogens (tertiary/aromatic N) is 2. The SMILES string of the molecule is Cn1cc(Cc2nc(C(=O)O)cs2)c2ccccc21. The lowest BCUT2D eigenvalue weighted by Gasteiger charge is -1.95. The minimum Gasteiger partial charge on any atom is -0.476 e. The number of carbonyl (C=O) groups is 1. The third kappa shape index (κ3) is 2.13. The second-order valence-electron chi connectivity index (χ2n) is 4.39. The largest absolute Gasteiger partial charge is 0.476 e. The van der Waals surface area contributed by atoms with Gasteiger partial charge in [0, 0.05) is 35.9 Å². The molecule has 4 nitrogen and oxygen atoms in total. The first kappa shape index (κ1) is 11.9. The Bertz CT molecular complexity index is 758. The van der Waals surface area contributed by atoms with Crippen LogP contribution in [-0.2, 0) is 13.5 Å². The van der Waals surface area contributed by atoms with Gasteiger partial charge in [0.2, 0.25) is 0 Å². The molecule has 0 saturated carbocycles. The molecule has 0 radical (unpaired) electrons. The molecule has 0 aliphatic carbocycles. The van der Waals surface area contributed by atoms with Gasteiger partial charge in [-0.25, -0.2) is 9.78 Å². The summed E-state index contributed by atoms with van der Waals surface area (Å²) >= 11 is 1.39. The highest BCUT2D eigenvalue weighted by Gasteiger charge is 2.11. The summed E-state index contributed by atoms with van der Waals surface area (Å²) in [5.41, 5.74) is 2.47. The van der Waals surface area contributed by atoms with Gasteiger partial charge >= 0.3 is 5.97 Å². The molecule has 1 aromatic carbocycles. The number of aromatic carboxylic acids is 1. The molecule has 0 saturated heterocycles. The van der Waals surface area contributed by atoms with Gasteiger partial charge in [0.05, 0.1) is 5.01 Å². The van der Waals surface area contributed by atoms with Crippen LogP contribution >= 0.6 is 11.3 Å². The molecule has 1 N–H and O–H groups in total. The Labute approximate surface area is 113 Å². The van der Waals surface area contributed by atoms with Gasteiger partial charge in [-0.15, -0.1) is 11.3 Å². The van der Waals surface area contributed by atoms with E-state index in [1.165, 1.54) is 27.8 Å². The van der Waals surface area contributed by atoms with Crippen molar-refractivity contribution in [3.05, 3.63) is 52.1 Å². The monoisotopic (exact) mass is 272 g/mol. The molecule has 96 valence electrons. The number of aromatic nitrogens is 2. The maximum atomic E-state index is 10.8. The molecule has 0 unspecified atom stereocenters. The van der Waals surface area contributed by atoms with E-state index < -0.39 is 5.97 Å². The zero-order valence-electron chi connectivity index (χ0n) is 10.3. The lowest BCUT2D eigenvalue weighted by atomic mass is 10.1. The zero-order chi connectivity index (χ0) is 13.4. The number of thiazole rings is 1. The minimum atomic E-state index is -0.972. The van der Waals surface area contributed by atoms with Crippen molar-refractivity contribution in [1.29, 1.82) is 0 Å². The first-order valence-electron chi connectivity index (χ1n) is 5.86. The van der Waals surface area contributed by atoms with E-state index in [2.05, 4.69) is 27.9 Å². The highest BCUT2D eigenvalue weighted by atomic mass is 32.1. The van der Waals surface area contributed by atoms with E-state index in [-0.39, 0.29) is 5.69 Å². The van der Waals surface area contributed by atoms with Crippen LogP contribution in [0.25, 0.3) is 10.9 Å². The van der Waals surface area contributed by atoms with Gasteiger partial charge in [-0.1, -0.05) is 18.2 Å². The van der Waals surface area contributed by atoms with Crippen LogP contribution in [0.3, 0.4) is 0 Å². The van der Waals surface area contributed by atoms with E-state index in [0.29, 0.717) is 6.42 Å². The van der Waals surface area contributed by atoms with Gasteiger partial charge in [0.1, 0.15) is 0 Å². The van der Waals surface area contributed by atoms with Crippen LogP contribution in [0.2, 0.25) is 0 Å². The Morgan fingerprint density at radius 2 is 2.21 bits per heavy atom. The summed E-state index contributed by atoms with van der Waals surface area (Å²) in [7, 11) is 2.01. The summed E-state index contributed by atoms with van der Waals surface area (Å²) in [4.78, 5) is 15.0. The topological polar surface area (TPSA) is 55.1 Å². The first-order valence-corrected chi connectivity index (χ1v) is 6.74. The van der Waals surface area contributed by atoms with E-state index in [0.717, 1.165) is 5.01 Å². The van der Waals surface area contributed by atoms with Gasteiger partial charge in [0.25, 0.3) is 0 Å². The van der Waals surface area contributed by atoms with Crippen molar-refractivity contribution in [1.82, 2.24) is 9.55 Å². The number of carboxylic acid groups (broad SMARTS) is 1. The second-order valence-corrected chi connectivity index (χ2v) is 5.33. The molecule has 0 aliphatic heterocycles. The first-order chi connectivity index (χ1) is 9.15. The Hall–Kier alpha value is -2.14. The smallest absolute Gasteiger partial charge is 0.355 e. The molecule has 0 spiro atoms. The van der Waals surface area contributed by atoms with Crippen molar-refractivity contribution in [2.45, 2.75) is 6.42 Å². The highest BCUT2D eigenvalue weighted by molar-refractivity contribution is 7.09. The highest BCUT2D eigenvalue weighted by Crippen LogP contribution is 2.24. The maximum absolute atomic E-state index is 10.8. The van der Waals surface area contributed by atoms with E-state index in [9.17, 15) is 4.79 Å². The summed E-state index contributed by atoms with van der Waals surface area (Å²) in [6.45, 7) is 0. The maximum Gasteiger partial charge on any atom is 0.355 e. The number of hydrogen-bond acceptors (Lipinski definition) is 3. The fourth-order valence-corrected chi connectivity index (χ4v) is 3.01. The number of carboxylic acids is 1. The number of rotatable bonds is 3. The number of hydrogen-bond donors (Lipinski definition) is 1. The summed E-state index contributed by atoms with van der Waals surface area (Å²) in [6, 6.07) is 8.17. The lowest BCUT2D eigenvalue weighted by molar-refractivity contribution is 0.0691. The van der Waals surface area contributed by atoms with Crippen LogP contribution in [0.4, 0.5) is 0 Å². The molecule has 0 amide bonds. The lowest BCUT2D eigenvalue weighted by Crippen LogP contribution is -1.96. The predicted molar refractivity (Wildman–Crippen MR) is 74.8 cm³/mol. The molecule has 0 aliphatic rings. The van der Waals surface area contributed by atoms with Crippen molar-refractivity contribution in [2.75, 3.05) is 0 Å². The van der Waals surface area contributed by atoms with E-state index >= 15 is 0 Å². The van der Waals surface area contributed by atoms with Crippen molar-refractivity contribution in [3.8, 4) is 0 Å². The van der Waals surface area contributed by atoms with E-state index in [1.54, 1.807) is 5.38 Å². The molecular weight excluding hydrogens is 260 g/mol. The molecule has 5 heteroatoms. The quantitative estimate of drug-likeness (QED) is 0.797. The van der Waals surface area contributed by atoms with Crippen LogP contribution in [-0.4, -0.2) is 20.6 Å². The summed E-state index contributed by atoms with van der Waals surface area (Å²) in [5, 5.41) is 12.5. The molecular formula is C14H12N2O2S. The molecule has 2 aromatic heterocycles. The standard InChI is InChI=1S/C14H12N2O2S/c1-16-7-9(10-4-2-3-5-12(10)16)6-13-15-11(8-19-13)14(17)18/h2-5,7-8H,6H2,1H3,(H,17,18). The molecule has 2 heterocycles. The Kier molecular flexibility index (Phi) is 2.83. The Morgan fingerprint density at radius 3 is 2.95 bits per heavy atom. The average Bonchev–Trinajstić information content (AvgIpc) is 2.97. The third-order valence-corrected chi connectivity index (χ3v) is 3.94. The number of benzene rings is 1. The summed E-state index contributed by atoms with van der Waals surface area (Å²) < 4.78 is 2.08. The minimum absolute atomic E-state index is 0.125. The zero-order valence-corrected chi connectivity index (χ0v) is 11.1. The van der Waals surface area contributed by atoms with Crippen LogP contribution in [0.15, 0.2) is 35.8 Å². The number of para-hydroxylation sites is 1. The van der Waals surface area contributed by atoms with Crippen molar-refractivity contribution in [3.63, 3.8) is 0 Å². The van der Waals surface area contributed by atoms with Crippen LogP contribution in [0.5, 0.6) is 0 Å². The Balaban J connectivity index is 1.98. The van der Waals surface area contributed by atoms with Gasteiger partial charge in [-0.2, -0.15) is 0 Å². The van der Waals surface area contributed by atoms with E-state index in [4.69, 9.17) is 5.11 Å². The van der Waals surface area contributed by atoms with Crippen molar-refractivity contribution in [2.24, 2.45) is 7.05 Å². The molecule has 3 aromatic rings. The van der Waals surface area contributed by atoms with Crippen molar-refractivity contribution < 1.29 is 9.90 Å². The van der Waals surface area contributed by atoms with Crippen LogP contribution < -0.4 is 0 Å². The van der Waals surface area contributed by atoms with Gasteiger partial charge in [-0.05, 0) is 11.6 Å². The molecule has 0 fully saturated rings. The van der Waals surface area contributed by atoms with Gasteiger partial charge in [0.15, 0.2) is 5.69 Å².